The van der Waals surface area contributed by atoms with Crippen molar-refractivity contribution in [2.75, 3.05) is 16.8 Å². The predicted molar refractivity (Wildman–Crippen MR) is 75.1 cm³/mol. The van der Waals surface area contributed by atoms with Gasteiger partial charge in [0, 0.05) is 5.92 Å². The van der Waals surface area contributed by atoms with Crippen LogP contribution in [0.4, 0.5) is 5.69 Å². The average molecular weight is 290 g/mol. The fraction of sp³-hybridized carbons (Fsp3) is 0.417. The van der Waals surface area contributed by atoms with E-state index in [1.807, 2.05) is 11.8 Å². The SMILES string of the molecule is O=C(Nc1c(Cl)cccc1Cl)C1CCSCC1. The molecule has 0 aliphatic carbocycles. The molecule has 1 heterocycles. The Hall–Kier alpha value is -0.380. The van der Waals surface area contributed by atoms with E-state index in [4.69, 9.17) is 23.2 Å². The number of carbonyl (C=O) groups excluding carboxylic acids is 1. The molecule has 1 saturated heterocycles. The first-order valence-corrected chi connectivity index (χ1v) is 7.42. The molecule has 1 aromatic carbocycles. The van der Waals surface area contributed by atoms with E-state index in [2.05, 4.69) is 5.32 Å². The third kappa shape index (κ3) is 3.30. The number of hydrogen-bond acceptors (Lipinski definition) is 2. The van der Waals surface area contributed by atoms with Crippen LogP contribution in [0.1, 0.15) is 12.8 Å². The van der Waals surface area contributed by atoms with Crippen molar-refractivity contribution in [2.45, 2.75) is 12.8 Å². The zero-order valence-electron chi connectivity index (χ0n) is 9.21. The Kier molecular flexibility index (Phi) is 4.60. The fourth-order valence-corrected chi connectivity index (χ4v) is 3.40. The minimum absolute atomic E-state index is 0.0281. The lowest BCUT2D eigenvalue weighted by Crippen LogP contribution is -2.26. The number of benzene rings is 1. The van der Waals surface area contributed by atoms with Crippen LogP contribution in [-0.4, -0.2) is 17.4 Å². The van der Waals surface area contributed by atoms with Gasteiger partial charge in [0.2, 0.25) is 5.91 Å². The molecule has 1 fully saturated rings. The number of carbonyl (C=O) groups is 1. The highest BCUT2D eigenvalue weighted by Gasteiger charge is 2.22. The summed E-state index contributed by atoms with van der Waals surface area (Å²) in [6, 6.07) is 5.21. The molecule has 17 heavy (non-hydrogen) atoms. The number of thioether (sulfide) groups is 1. The van der Waals surface area contributed by atoms with Crippen molar-refractivity contribution in [1.29, 1.82) is 0 Å². The van der Waals surface area contributed by atoms with Gasteiger partial charge in [0.05, 0.1) is 15.7 Å². The summed E-state index contributed by atoms with van der Waals surface area (Å²) in [6.45, 7) is 0. The molecule has 1 aliphatic rings. The van der Waals surface area contributed by atoms with Crippen molar-refractivity contribution < 1.29 is 4.79 Å². The van der Waals surface area contributed by atoms with Crippen molar-refractivity contribution in [3.8, 4) is 0 Å². The number of amides is 1. The molecule has 1 amide bonds. The summed E-state index contributed by atoms with van der Waals surface area (Å²) < 4.78 is 0. The van der Waals surface area contributed by atoms with Crippen LogP contribution in [-0.2, 0) is 4.79 Å². The molecule has 1 aliphatic heterocycles. The van der Waals surface area contributed by atoms with E-state index in [0.29, 0.717) is 15.7 Å². The molecule has 0 radical (unpaired) electrons. The molecule has 5 heteroatoms. The second-order valence-corrected chi connectivity index (χ2v) is 6.01. The molecule has 0 atom stereocenters. The van der Waals surface area contributed by atoms with Gasteiger partial charge in [-0.05, 0) is 36.5 Å². The second kappa shape index (κ2) is 5.98. The van der Waals surface area contributed by atoms with Gasteiger partial charge in [0.25, 0.3) is 0 Å². The quantitative estimate of drug-likeness (QED) is 0.889. The van der Waals surface area contributed by atoms with E-state index in [1.165, 1.54) is 0 Å². The van der Waals surface area contributed by atoms with Gasteiger partial charge in [0.1, 0.15) is 0 Å². The van der Waals surface area contributed by atoms with Gasteiger partial charge in [-0.15, -0.1) is 0 Å². The Morgan fingerprint density at radius 1 is 1.24 bits per heavy atom. The first-order chi connectivity index (χ1) is 8.18. The number of halogens is 2. The smallest absolute Gasteiger partial charge is 0.227 e. The third-order valence-electron chi connectivity index (χ3n) is 2.80. The Balaban J connectivity index is 2.07. The Bertz CT molecular complexity index is 399. The number of nitrogens with one attached hydrogen (secondary N) is 1. The maximum atomic E-state index is 12.0. The van der Waals surface area contributed by atoms with Crippen molar-refractivity contribution in [2.24, 2.45) is 5.92 Å². The Morgan fingerprint density at radius 3 is 2.41 bits per heavy atom. The van der Waals surface area contributed by atoms with Crippen LogP contribution in [0.15, 0.2) is 18.2 Å². The molecule has 1 N–H and O–H groups in total. The summed E-state index contributed by atoms with van der Waals surface area (Å²) in [5.74, 6) is 2.21. The molecule has 0 bridgehead atoms. The van der Waals surface area contributed by atoms with Gasteiger partial charge >= 0.3 is 0 Å². The van der Waals surface area contributed by atoms with Gasteiger partial charge in [-0.25, -0.2) is 0 Å². The molecular formula is C12H13Cl2NOS. The van der Waals surface area contributed by atoms with Gasteiger partial charge < -0.3 is 5.32 Å². The average Bonchev–Trinajstić information content (AvgIpc) is 2.35. The topological polar surface area (TPSA) is 29.1 Å². The molecule has 0 saturated carbocycles. The lowest BCUT2D eigenvalue weighted by Gasteiger charge is -2.21. The summed E-state index contributed by atoms with van der Waals surface area (Å²) in [5.41, 5.74) is 0.527. The molecule has 0 unspecified atom stereocenters. The highest BCUT2D eigenvalue weighted by atomic mass is 35.5. The number of para-hydroxylation sites is 1. The summed E-state index contributed by atoms with van der Waals surface area (Å²) >= 11 is 13.9. The highest BCUT2D eigenvalue weighted by molar-refractivity contribution is 7.99. The summed E-state index contributed by atoms with van der Waals surface area (Å²) in [6.07, 6.45) is 1.86. The van der Waals surface area contributed by atoms with E-state index in [9.17, 15) is 4.79 Å². The standard InChI is InChI=1S/C12H13Cl2NOS/c13-9-2-1-3-10(14)11(9)15-12(16)8-4-6-17-7-5-8/h1-3,8H,4-7H2,(H,15,16). The van der Waals surface area contributed by atoms with E-state index < -0.39 is 0 Å². The van der Waals surface area contributed by atoms with Gasteiger partial charge in [0.15, 0.2) is 0 Å². The second-order valence-electron chi connectivity index (χ2n) is 3.97. The minimum Gasteiger partial charge on any atom is -0.323 e. The number of anilines is 1. The van der Waals surface area contributed by atoms with Crippen LogP contribution in [0.2, 0.25) is 10.0 Å². The van der Waals surface area contributed by atoms with E-state index >= 15 is 0 Å². The van der Waals surface area contributed by atoms with Crippen molar-refractivity contribution in [1.82, 2.24) is 0 Å². The molecule has 2 rings (SSSR count). The molecular weight excluding hydrogens is 277 g/mol. The minimum atomic E-state index is 0.0281. The number of rotatable bonds is 2. The van der Waals surface area contributed by atoms with Crippen LogP contribution in [0.3, 0.4) is 0 Å². The Morgan fingerprint density at radius 2 is 1.82 bits per heavy atom. The molecule has 0 spiro atoms. The van der Waals surface area contributed by atoms with Crippen molar-refractivity contribution in [3.63, 3.8) is 0 Å². The lowest BCUT2D eigenvalue weighted by molar-refractivity contribution is -0.120. The summed E-state index contributed by atoms with van der Waals surface area (Å²) in [7, 11) is 0. The molecule has 0 aromatic heterocycles. The van der Waals surface area contributed by atoms with E-state index in [0.717, 1.165) is 24.3 Å². The van der Waals surface area contributed by atoms with Crippen LogP contribution < -0.4 is 5.32 Å². The zero-order chi connectivity index (χ0) is 12.3. The van der Waals surface area contributed by atoms with E-state index in [1.54, 1.807) is 18.2 Å². The van der Waals surface area contributed by atoms with Gasteiger partial charge in [-0.1, -0.05) is 29.3 Å². The molecule has 2 nitrogen and oxygen atoms in total. The van der Waals surface area contributed by atoms with Gasteiger partial charge in [-0.2, -0.15) is 11.8 Å². The first-order valence-electron chi connectivity index (χ1n) is 5.51. The highest BCUT2D eigenvalue weighted by Crippen LogP contribution is 2.31. The zero-order valence-corrected chi connectivity index (χ0v) is 11.5. The fourth-order valence-electron chi connectivity index (χ4n) is 1.80. The third-order valence-corrected chi connectivity index (χ3v) is 4.48. The molecule has 1 aromatic rings. The van der Waals surface area contributed by atoms with Crippen LogP contribution in [0.5, 0.6) is 0 Å². The first kappa shape index (κ1) is 13.1. The number of hydrogen-bond donors (Lipinski definition) is 1. The lowest BCUT2D eigenvalue weighted by atomic mass is 10.0. The van der Waals surface area contributed by atoms with E-state index in [-0.39, 0.29) is 11.8 Å². The summed E-state index contributed by atoms with van der Waals surface area (Å²) in [4.78, 5) is 12.0. The van der Waals surface area contributed by atoms with Crippen LogP contribution in [0.25, 0.3) is 0 Å². The van der Waals surface area contributed by atoms with Gasteiger partial charge in [-0.3, -0.25) is 4.79 Å². The van der Waals surface area contributed by atoms with Crippen molar-refractivity contribution >= 4 is 46.6 Å². The van der Waals surface area contributed by atoms with Crippen molar-refractivity contribution in [3.05, 3.63) is 28.2 Å². The normalized spacial score (nSPS) is 16.8. The maximum absolute atomic E-state index is 12.0. The predicted octanol–water partition coefficient (Wildman–Crippen LogP) is 4.08. The maximum Gasteiger partial charge on any atom is 0.227 e. The Labute approximate surface area is 115 Å². The van der Waals surface area contributed by atoms with Crippen LogP contribution >= 0.6 is 35.0 Å². The summed E-state index contributed by atoms with van der Waals surface area (Å²) in [5, 5.41) is 3.80. The monoisotopic (exact) mass is 289 g/mol. The molecule has 92 valence electrons. The van der Waals surface area contributed by atoms with Crippen LogP contribution in [0, 0.1) is 5.92 Å². The largest absolute Gasteiger partial charge is 0.323 e.